The van der Waals surface area contributed by atoms with Gasteiger partial charge in [0.25, 0.3) is 0 Å². The number of hydrogen-bond donors (Lipinski definition) is 3. The summed E-state index contributed by atoms with van der Waals surface area (Å²) in [7, 11) is 0. The second-order valence-corrected chi connectivity index (χ2v) is 5.94. The molecule has 0 heterocycles. The SMILES string of the molecule is CCOC(=O)Nc1ccccc1OCC(O)CNC(C)(C)C. The van der Waals surface area contributed by atoms with Gasteiger partial charge >= 0.3 is 6.09 Å². The first-order valence-corrected chi connectivity index (χ1v) is 7.40. The van der Waals surface area contributed by atoms with Crippen molar-refractivity contribution in [1.29, 1.82) is 0 Å². The number of nitrogens with one attached hydrogen (secondary N) is 2. The molecule has 0 fully saturated rings. The van der Waals surface area contributed by atoms with E-state index in [1.165, 1.54) is 0 Å². The Hall–Kier alpha value is -1.79. The Bertz CT molecular complexity index is 471. The van der Waals surface area contributed by atoms with Gasteiger partial charge < -0.3 is 19.9 Å². The molecular formula is C16H26N2O4. The summed E-state index contributed by atoms with van der Waals surface area (Å²) in [5, 5.41) is 15.7. The van der Waals surface area contributed by atoms with Crippen LogP contribution in [0.5, 0.6) is 5.75 Å². The third kappa shape index (κ3) is 7.28. The molecule has 0 bridgehead atoms. The number of benzene rings is 1. The fourth-order valence-electron chi connectivity index (χ4n) is 1.64. The minimum atomic E-state index is -0.644. The van der Waals surface area contributed by atoms with Crippen molar-refractivity contribution < 1.29 is 19.4 Å². The minimum absolute atomic E-state index is 0.0651. The average Bonchev–Trinajstić information content (AvgIpc) is 2.43. The number of anilines is 1. The monoisotopic (exact) mass is 310 g/mol. The van der Waals surface area contributed by atoms with Crippen molar-refractivity contribution in [2.24, 2.45) is 0 Å². The lowest BCUT2D eigenvalue weighted by molar-refractivity contribution is 0.100. The Kier molecular flexibility index (Phi) is 7.14. The van der Waals surface area contributed by atoms with Gasteiger partial charge in [-0.3, -0.25) is 5.32 Å². The van der Waals surface area contributed by atoms with Crippen molar-refractivity contribution >= 4 is 11.8 Å². The molecule has 0 radical (unpaired) electrons. The molecule has 1 aromatic carbocycles. The molecule has 1 amide bonds. The average molecular weight is 310 g/mol. The van der Waals surface area contributed by atoms with Crippen LogP contribution < -0.4 is 15.4 Å². The van der Waals surface area contributed by atoms with E-state index < -0.39 is 12.2 Å². The zero-order chi connectivity index (χ0) is 16.6. The van der Waals surface area contributed by atoms with Crippen molar-refractivity contribution in [2.75, 3.05) is 25.1 Å². The van der Waals surface area contributed by atoms with Gasteiger partial charge in [0.2, 0.25) is 0 Å². The van der Waals surface area contributed by atoms with Crippen LogP contribution in [0.2, 0.25) is 0 Å². The van der Waals surface area contributed by atoms with Gasteiger partial charge in [0, 0.05) is 12.1 Å². The number of hydrogen-bond acceptors (Lipinski definition) is 5. The summed E-state index contributed by atoms with van der Waals surface area (Å²) in [6, 6.07) is 7.02. The normalized spacial score (nSPS) is 12.6. The number of aliphatic hydroxyl groups excluding tert-OH is 1. The van der Waals surface area contributed by atoms with Crippen molar-refractivity contribution in [1.82, 2.24) is 5.32 Å². The van der Waals surface area contributed by atoms with E-state index in [9.17, 15) is 9.90 Å². The van der Waals surface area contributed by atoms with E-state index >= 15 is 0 Å². The zero-order valence-corrected chi connectivity index (χ0v) is 13.7. The van der Waals surface area contributed by atoms with Gasteiger partial charge in [0.15, 0.2) is 0 Å². The van der Waals surface area contributed by atoms with Crippen molar-refractivity contribution in [3.63, 3.8) is 0 Å². The first-order valence-electron chi connectivity index (χ1n) is 7.40. The highest BCUT2D eigenvalue weighted by atomic mass is 16.5. The maximum atomic E-state index is 11.5. The summed E-state index contributed by atoms with van der Waals surface area (Å²) in [4.78, 5) is 11.5. The summed E-state index contributed by atoms with van der Waals surface area (Å²) < 4.78 is 10.4. The lowest BCUT2D eigenvalue weighted by atomic mass is 10.1. The van der Waals surface area contributed by atoms with Crippen molar-refractivity contribution in [2.45, 2.75) is 39.3 Å². The zero-order valence-electron chi connectivity index (χ0n) is 13.7. The Morgan fingerprint density at radius 3 is 2.64 bits per heavy atom. The molecule has 0 aromatic heterocycles. The van der Waals surface area contributed by atoms with Gasteiger partial charge in [-0.2, -0.15) is 0 Å². The van der Waals surface area contributed by atoms with Crippen LogP contribution in [0.4, 0.5) is 10.5 Å². The maximum absolute atomic E-state index is 11.5. The Labute approximate surface area is 131 Å². The summed E-state index contributed by atoms with van der Waals surface area (Å²) >= 11 is 0. The van der Waals surface area contributed by atoms with Gasteiger partial charge in [-0.25, -0.2) is 4.79 Å². The van der Waals surface area contributed by atoms with E-state index in [-0.39, 0.29) is 12.1 Å². The van der Waals surface area contributed by atoms with Crippen LogP contribution in [0.1, 0.15) is 27.7 Å². The molecule has 0 spiro atoms. The quantitative estimate of drug-likeness (QED) is 0.720. The summed E-state index contributed by atoms with van der Waals surface area (Å²) in [5.41, 5.74) is 0.446. The third-order valence-corrected chi connectivity index (χ3v) is 2.70. The largest absolute Gasteiger partial charge is 0.489 e. The standard InChI is InChI=1S/C16H26N2O4/c1-5-21-15(20)18-13-8-6-7-9-14(13)22-11-12(19)10-17-16(2,3)4/h6-9,12,17,19H,5,10-11H2,1-4H3,(H,18,20). The molecule has 6 heteroatoms. The van der Waals surface area contributed by atoms with Crippen LogP contribution in [0, 0.1) is 0 Å². The van der Waals surface area contributed by atoms with Crippen molar-refractivity contribution in [3.8, 4) is 5.75 Å². The number of β-amino-alcohol motifs (C(OH)–C–C–N with tert-alkyl or cyclic N) is 1. The number of aliphatic hydroxyl groups is 1. The molecule has 0 aliphatic carbocycles. The summed E-state index contributed by atoms with van der Waals surface area (Å²) in [5.74, 6) is 0.491. The lowest BCUT2D eigenvalue weighted by Crippen LogP contribution is -2.42. The molecule has 1 unspecified atom stereocenters. The summed E-state index contributed by atoms with van der Waals surface area (Å²) in [6.45, 7) is 8.67. The van der Waals surface area contributed by atoms with E-state index in [1.807, 2.05) is 20.8 Å². The number of amides is 1. The minimum Gasteiger partial charge on any atom is -0.489 e. The van der Waals surface area contributed by atoms with Crippen LogP contribution in [0.15, 0.2) is 24.3 Å². The molecule has 0 saturated heterocycles. The maximum Gasteiger partial charge on any atom is 0.411 e. The number of para-hydroxylation sites is 2. The fourth-order valence-corrected chi connectivity index (χ4v) is 1.64. The Balaban J connectivity index is 2.53. The highest BCUT2D eigenvalue weighted by molar-refractivity contribution is 5.86. The molecule has 1 aromatic rings. The van der Waals surface area contributed by atoms with Crippen LogP contribution in [-0.2, 0) is 4.74 Å². The van der Waals surface area contributed by atoms with Crippen LogP contribution in [0.25, 0.3) is 0 Å². The van der Waals surface area contributed by atoms with Gasteiger partial charge in [-0.05, 0) is 39.8 Å². The summed E-state index contributed by atoms with van der Waals surface area (Å²) in [6.07, 6.45) is -1.18. The number of rotatable bonds is 7. The molecule has 0 aliphatic heterocycles. The highest BCUT2D eigenvalue weighted by Crippen LogP contribution is 2.24. The Morgan fingerprint density at radius 1 is 1.32 bits per heavy atom. The number of carbonyl (C=O) groups excluding carboxylic acids is 1. The third-order valence-electron chi connectivity index (χ3n) is 2.70. The van der Waals surface area contributed by atoms with E-state index in [0.29, 0.717) is 24.6 Å². The molecule has 6 nitrogen and oxygen atoms in total. The van der Waals surface area contributed by atoms with Gasteiger partial charge in [-0.1, -0.05) is 12.1 Å². The van der Waals surface area contributed by atoms with E-state index in [0.717, 1.165) is 0 Å². The predicted octanol–water partition coefficient (Wildman–Crippen LogP) is 2.38. The van der Waals surface area contributed by atoms with E-state index in [4.69, 9.17) is 9.47 Å². The lowest BCUT2D eigenvalue weighted by Gasteiger charge is -2.23. The van der Waals surface area contributed by atoms with Crippen LogP contribution >= 0.6 is 0 Å². The smallest absolute Gasteiger partial charge is 0.411 e. The van der Waals surface area contributed by atoms with E-state index in [2.05, 4.69) is 10.6 Å². The topological polar surface area (TPSA) is 79.8 Å². The predicted molar refractivity (Wildman–Crippen MR) is 86.3 cm³/mol. The van der Waals surface area contributed by atoms with Crippen LogP contribution in [-0.4, -0.2) is 42.6 Å². The van der Waals surface area contributed by atoms with E-state index in [1.54, 1.807) is 31.2 Å². The Morgan fingerprint density at radius 2 is 2.00 bits per heavy atom. The number of carbonyl (C=O) groups is 1. The molecular weight excluding hydrogens is 284 g/mol. The number of ether oxygens (including phenoxy) is 2. The molecule has 22 heavy (non-hydrogen) atoms. The molecule has 3 N–H and O–H groups in total. The fraction of sp³-hybridized carbons (Fsp3) is 0.562. The van der Waals surface area contributed by atoms with Gasteiger partial charge in [0.05, 0.1) is 12.3 Å². The molecule has 0 saturated carbocycles. The van der Waals surface area contributed by atoms with Gasteiger partial charge in [-0.15, -0.1) is 0 Å². The first-order chi connectivity index (χ1) is 10.3. The van der Waals surface area contributed by atoms with Crippen molar-refractivity contribution in [3.05, 3.63) is 24.3 Å². The molecule has 0 aliphatic rings. The first kappa shape index (κ1) is 18.3. The van der Waals surface area contributed by atoms with Crippen LogP contribution in [0.3, 0.4) is 0 Å². The molecule has 1 rings (SSSR count). The second-order valence-electron chi connectivity index (χ2n) is 5.94. The highest BCUT2D eigenvalue weighted by Gasteiger charge is 2.14. The second kappa shape index (κ2) is 8.60. The molecule has 124 valence electrons. The molecule has 1 atom stereocenters. The van der Waals surface area contributed by atoms with Gasteiger partial charge in [0.1, 0.15) is 18.5 Å².